The highest BCUT2D eigenvalue weighted by Gasteiger charge is 2.35. The first kappa shape index (κ1) is 16.5. The largest absolute Gasteiger partial charge is 0.378 e. The van der Waals surface area contributed by atoms with Gasteiger partial charge >= 0.3 is 0 Å². The molecule has 0 saturated carbocycles. The van der Waals surface area contributed by atoms with E-state index in [2.05, 4.69) is 26.2 Å². The number of carbonyl (C=O) groups excluding carboxylic acids is 1. The Morgan fingerprint density at radius 1 is 1.19 bits per heavy atom. The van der Waals surface area contributed by atoms with Gasteiger partial charge in [-0.3, -0.25) is 9.78 Å². The van der Waals surface area contributed by atoms with Gasteiger partial charge in [-0.15, -0.1) is 11.3 Å². The van der Waals surface area contributed by atoms with Crippen LogP contribution < -0.4 is 10.2 Å². The number of fused-ring (bicyclic) bond motifs is 4. The molecule has 0 radical (unpaired) electrons. The molecule has 1 N–H and O–H groups in total. The van der Waals surface area contributed by atoms with Crippen LogP contribution in [0, 0.1) is 5.92 Å². The lowest BCUT2D eigenvalue weighted by atomic mass is 9.84. The molecule has 4 aliphatic rings. The van der Waals surface area contributed by atoms with Crippen molar-refractivity contribution in [1.82, 2.24) is 15.2 Å². The van der Waals surface area contributed by atoms with Crippen molar-refractivity contribution in [2.75, 3.05) is 50.8 Å². The molecule has 1 atom stereocenters. The Labute approximate surface area is 157 Å². The van der Waals surface area contributed by atoms with E-state index in [0.717, 1.165) is 42.9 Å². The third-order valence-electron chi connectivity index (χ3n) is 5.92. The number of morpholine rings is 1. The second kappa shape index (κ2) is 6.79. The van der Waals surface area contributed by atoms with Crippen molar-refractivity contribution in [2.45, 2.75) is 18.9 Å². The number of piperidine rings is 3. The van der Waals surface area contributed by atoms with Crippen molar-refractivity contribution in [3.63, 3.8) is 0 Å². The van der Waals surface area contributed by atoms with Crippen LogP contribution in [0.5, 0.6) is 0 Å². The van der Waals surface area contributed by atoms with Crippen LogP contribution in [0.4, 0.5) is 5.00 Å². The summed E-state index contributed by atoms with van der Waals surface area (Å²) in [6.45, 7) is 6.75. The van der Waals surface area contributed by atoms with Gasteiger partial charge < -0.3 is 19.9 Å². The average Bonchev–Trinajstić information content (AvgIpc) is 3.13. The van der Waals surface area contributed by atoms with Crippen molar-refractivity contribution in [2.24, 2.45) is 5.92 Å². The van der Waals surface area contributed by atoms with Crippen molar-refractivity contribution in [1.29, 1.82) is 0 Å². The van der Waals surface area contributed by atoms with Crippen LogP contribution in [0.1, 0.15) is 23.3 Å². The summed E-state index contributed by atoms with van der Waals surface area (Å²) in [5.41, 5.74) is 0.532. The number of hydrogen-bond donors (Lipinski definition) is 1. The Kier molecular flexibility index (Phi) is 4.30. The zero-order chi connectivity index (χ0) is 17.5. The zero-order valence-corrected chi connectivity index (χ0v) is 15.6. The molecule has 2 aromatic rings. The van der Waals surface area contributed by atoms with E-state index in [-0.39, 0.29) is 11.9 Å². The number of thiophene rings is 1. The first-order valence-corrected chi connectivity index (χ1v) is 10.3. The van der Waals surface area contributed by atoms with E-state index in [1.54, 1.807) is 11.3 Å². The van der Waals surface area contributed by atoms with Crippen LogP contribution in [-0.4, -0.2) is 67.8 Å². The summed E-state index contributed by atoms with van der Waals surface area (Å²) < 4.78 is 6.56. The van der Waals surface area contributed by atoms with Crippen LogP contribution in [0.25, 0.3) is 10.1 Å². The van der Waals surface area contributed by atoms with E-state index in [9.17, 15) is 4.79 Å². The minimum Gasteiger partial charge on any atom is -0.378 e. The maximum atomic E-state index is 12.7. The smallest absolute Gasteiger partial charge is 0.270 e. The second-order valence-corrected chi connectivity index (χ2v) is 8.57. The zero-order valence-electron chi connectivity index (χ0n) is 14.8. The molecular weight excluding hydrogens is 348 g/mol. The molecule has 26 heavy (non-hydrogen) atoms. The minimum atomic E-state index is -0.0352. The summed E-state index contributed by atoms with van der Waals surface area (Å²) in [5.74, 6) is 0.592. The molecule has 7 heteroatoms. The molecule has 0 unspecified atom stereocenters. The molecular formula is C19H24N4O2S. The molecule has 0 aliphatic carbocycles. The van der Waals surface area contributed by atoms with E-state index < -0.39 is 0 Å². The van der Waals surface area contributed by atoms with E-state index >= 15 is 0 Å². The van der Waals surface area contributed by atoms with E-state index in [1.807, 2.05) is 12.3 Å². The van der Waals surface area contributed by atoms with Gasteiger partial charge in [-0.2, -0.15) is 0 Å². The predicted molar refractivity (Wildman–Crippen MR) is 103 cm³/mol. The van der Waals surface area contributed by atoms with Crippen LogP contribution in [-0.2, 0) is 4.74 Å². The van der Waals surface area contributed by atoms with Crippen LogP contribution in [0.3, 0.4) is 0 Å². The molecule has 0 spiro atoms. The average molecular weight is 372 g/mol. The molecule has 138 valence electrons. The summed E-state index contributed by atoms with van der Waals surface area (Å²) in [6.07, 6.45) is 4.23. The van der Waals surface area contributed by atoms with Gasteiger partial charge in [-0.05, 0) is 44.0 Å². The molecule has 2 aromatic heterocycles. The van der Waals surface area contributed by atoms with Crippen LogP contribution in [0.15, 0.2) is 18.3 Å². The maximum Gasteiger partial charge on any atom is 0.270 e. The Morgan fingerprint density at radius 2 is 2.00 bits per heavy atom. The fourth-order valence-corrected chi connectivity index (χ4v) is 5.48. The van der Waals surface area contributed by atoms with Crippen molar-refractivity contribution in [3.05, 3.63) is 24.0 Å². The molecule has 6 rings (SSSR count). The highest BCUT2D eigenvalue weighted by Crippen LogP contribution is 2.33. The Morgan fingerprint density at radius 3 is 2.73 bits per heavy atom. The lowest BCUT2D eigenvalue weighted by Gasteiger charge is -2.44. The number of nitrogens with zero attached hydrogens (tertiary/aromatic N) is 3. The Hall–Kier alpha value is -1.70. The third kappa shape index (κ3) is 3.08. The topological polar surface area (TPSA) is 57.7 Å². The van der Waals surface area contributed by atoms with Gasteiger partial charge in [-0.25, -0.2) is 0 Å². The lowest BCUT2D eigenvalue weighted by molar-refractivity contribution is 0.0618. The Bertz CT molecular complexity index is 809. The minimum absolute atomic E-state index is 0.0352. The van der Waals surface area contributed by atoms with E-state index in [4.69, 9.17) is 4.74 Å². The number of pyridine rings is 1. The fraction of sp³-hybridized carbons (Fsp3) is 0.579. The molecule has 4 aliphatic heterocycles. The highest BCUT2D eigenvalue weighted by molar-refractivity contribution is 7.22. The highest BCUT2D eigenvalue weighted by atomic mass is 32.1. The van der Waals surface area contributed by atoms with Crippen molar-refractivity contribution in [3.8, 4) is 0 Å². The predicted octanol–water partition coefficient (Wildman–Crippen LogP) is 1.96. The molecule has 4 saturated heterocycles. The summed E-state index contributed by atoms with van der Waals surface area (Å²) in [4.78, 5) is 22.0. The monoisotopic (exact) mass is 372 g/mol. The number of rotatable bonds is 3. The number of anilines is 1. The van der Waals surface area contributed by atoms with Crippen molar-refractivity contribution >= 4 is 32.3 Å². The van der Waals surface area contributed by atoms with Gasteiger partial charge in [0, 0.05) is 42.0 Å². The quantitative estimate of drug-likeness (QED) is 0.893. The van der Waals surface area contributed by atoms with Gasteiger partial charge in [0.1, 0.15) is 5.69 Å². The van der Waals surface area contributed by atoms with Gasteiger partial charge in [0.15, 0.2) is 0 Å². The Balaban J connectivity index is 1.33. The molecule has 1 amide bonds. The molecule has 6 nitrogen and oxygen atoms in total. The summed E-state index contributed by atoms with van der Waals surface area (Å²) >= 11 is 1.74. The number of carbonyl (C=O) groups is 1. The second-order valence-electron chi connectivity index (χ2n) is 7.51. The van der Waals surface area contributed by atoms with Gasteiger partial charge in [0.05, 0.1) is 18.2 Å². The standard InChI is InChI=1S/C19H24N4O2S/c24-19(21-16-12-22-3-1-13(16)2-4-22)15-10-17-14(11-20-15)9-18(26-17)23-5-7-25-8-6-23/h9-11,13,16H,1-8,12H2,(H,21,24)/t16-/m0/s1. The van der Waals surface area contributed by atoms with Crippen molar-refractivity contribution < 1.29 is 9.53 Å². The van der Waals surface area contributed by atoms with E-state index in [0.29, 0.717) is 11.6 Å². The molecule has 0 aromatic carbocycles. The van der Waals surface area contributed by atoms with Crippen LogP contribution >= 0.6 is 11.3 Å². The number of amides is 1. The normalized spacial score (nSPS) is 28.5. The summed E-state index contributed by atoms with van der Waals surface area (Å²) in [7, 11) is 0. The summed E-state index contributed by atoms with van der Waals surface area (Å²) in [5, 5.41) is 5.58. The van der Waals surface area contributed by atoms with Gasteiger partial charge in [0.2, 0.25) is 0 Å². The van der Waals surface area contributed by atoms with E-state index in [1.165, 1.54) is 30.9 Å². The molecule has 4 fully saturated rings. The molecule has 2 bridgehead atoms. The van der Waals surface area contributed by atoms with Gasteiger partial charge in [-0.1, -0.05) is 0 Å². The van der Waals surface area contributed by atoms with Gasteiger partial charge in [0.25, 0.3) is 5.91 Å². The number of nitrogens with one attached hydrogen (secondary N) is 1. The number of aromatic nitrogens is 1. The maximum absolute atomic E-state index is 12.7. The SMILES string of the molecule is O=C(N[C@H]1CN2CCC1CC2)c1cc2sc(N3CCOCC3)cc2cn1. The number of ether oxygens (including phenoxy) is 1. The molecule has 6 heterocycles. The van der Waals surface area contributed by atoms with Crippen LogP contribution in [0.2, 0.25) is 0 Å². The first-order chi connectivity index (χ1) is 12.8. The lowest BCUT2D eigenvalue weighted by Crippen LogP contribution is -2.57. The number of hydrogen-bond acceptors (Lipinski definition) is 6. The fourth-order valence-electron chi connectivity index (χ4n) is 4.35. The summed E-state index contributed by atoms with van der Waals surface area (Å²) in [6, 6.07) is 4.39. The first-order valence-electron chi connectivity index (χ1n) is 9.52. The third-order valence-corrected chi connectivity index (χ3v) is 7.08.